The molecule has 1 aliphatic rings. The number of anilines is 2. The minimum absolute atomic E-state index is 0.00291. The van der Waals surface area contributed by atoms with Gasteiger partial charge in [-0.25, -0.2) is 4.98 Å². The molecule has 7 heteroatoms. The van der Waals surface area contributed by atoms with E-state index in [4.69, 9.17) is 9.72 Å². The van der Waals surface area contributed by atoms with Crippen LogP contribution in [0.25, 0.3) is 10.9 Å². The fraction of sp³-hybridized carbons (Fsp3) is 0.417. The summed E-state index contributed by atoms with van der Waals surface area (Å²) in [5, 5.41) is 6.75. The van der Waals surface area contributed by atoms with Gasteiger partial charge < -0.3 is 19.9 Å². The molecular formula is C24H30N4O2S. The number of aryl methyl sites for hydroxylation is 2. The van der Waals surface area contributed by atoms with Gasteiger partial charge in [-0.1, -0.05) is 0 Å². The van der Waals surface area contributed by atoms with Crippen LogP contribution in [-0.2, 0) is 4.79 Å². The molecule has 0 atom stereocenters. The molecule has 0 aliphatic carbocycles. The summed E-state index contributed by atoms with van der Waals surface area (Å²) in [6.07, 6.45) is 2.31. The summed E-state index contributed by atoms with van der Waals surface area (Å²) in [7, 11) is 4.31. The van der Waals surface area contributed by atoms with Gasteiger partial charge in [0.1, 0.15) is 5.82 Å². The number of rotatable bonds is 6. The summed E-state index contributed by atoms with van der Waals surface area (Å²) in [4.78, 5) is 21.9. The van der Waals surface area contributed by atoms with Crippen LogP contribution in [0, 0.1) is 13.8 Å². The van der Waals surface area contributed by atoms with Crippen LogP contribution in [-0.4, -0.2) is 55.6 Å². The fourth-order valence-electron chi connectivity index (χ4n) is 4.04. The molecule has 31 heavy (non-hydrogen) atoms. The van der Waals surface area contributed by atoms with Gasteiger partial charge in [0.25, 0.3) is 5.91 Å². The van der Waals surface area contributed by atoms with Gasteiger partial charge in [0.15, 0.2) is 11.7 Å². The van der Waals surface area contributed by atoms with E-state index in [-0.39, 0.29) is 12.5 Å². The summed E-state index contributed by atoms with van der Waals surface area (Å²) in [6.45, 7) is 6.16. The van der Waals surface area contributed by atoms with Crippen molar-refractivity contribution in [2.24, 2.45) is 0 Å². The molecule has 1 aliphatic heterocycles. The smallest absolute Gasteiger partial charge is 0.262 e. The van der Waals surface area contributed by atoms with Crippen LogP contribution < -0.4 is 15.0 Å². The molecule has 0 unspecified atom stereocenters. The topological polar surface area (TPSA) is 57.7 Å². The average Bonchev–Trinajstić information content (AvgIpc) is 3.18. The number of piperidine rings is 1. The zero-order valence-corrected chi connectivity index (χ0v) is 19.5. The highest BCUT2D eigenvalue weighted by Crippen LogP contribution is 2.28. The highest BCUT2D eigenvalue weighted by molar-refractivity contribution is 7.12. The second kappa shape index (κ2) is 9.24. The van der Waals surface area contributed by atoms with Crippen molar-refractivity contribution in [1.29, 1.82) is 0 Å². The third kappa shape index (κ3) is 5.17. The normalized spacial score (nSPS) is 14.9. The number of amides is 1. The van der Waals surface area contributed by atoms with Crippen LogP contribution >= 0.6 is 11.3 Å². The van der Waals surface area contributed by atoms with Crippen LogP contribution in [0.3, 0.4) is 0 Å². The summed E-state index contributed by atoms with van der Waals surface area (Å²) in [5.74, 6) is 0.870. The number of nitrogens with one attached hydrogen (secondary N) is 1. The van der Waals surface area contributed by atoms with E-state index in [0.717, 1.165) is 64.5 Å². The molecule has 1 saturated heterocycles. The first-order valence-corrected chi connectivity index (χ1v) is 11.6. The Balaban J connectivity index is 1.42. The van der Waals surface area contributed by atoms with Crippen LogP contribution in [0.5, 0.6) is 5.06 Å². The summed E-state index contributed by atoms with van der Waals surface area (Å²) >= 11 is 1.50. The number of pyridine rings is 1. The van der Waals surface area contributed by atoms with Crippen molar-refractivity contribution in [2.75, 3.05) is 44.0 Å². The van der Waals surface area contributed by atoms with E-state index in [1.807, 2.05) is 36.6 Å². The molecule has 0 bridgehead atoms. The number of carbonyl (C=O) groups excluding carboxylic acids is 1. The Kier molecular flexibility index (Phi) is 6.43. The zero-order valence-electron chi connectivity index (χ0n) is 18.6. The average molecular weight is 439 g/mol. The first-order chi connectivity index (χ1) is 14.9. The predicted octanol–water partition coefficient (Wildman–Crippen LogP) is 4.46. The molecule has 0 radical (unpaired) electrons. The monoisotopic (exact) mass is 438 g/mol. The Hall–Kier alpha value is -2.64. The summed E-state index contributed by atoms with van der Waals surface area (Å²) < 4.78 is 5.56. The van der Waals surface area contributed by atoms with Crippen molar-refractivity contribution in [3.8, 4) is 5.06 Å². The van der Waals surface area contributed by atoms with Crippen LogP contribution in [0.15, 0.2) is 35.7 Å². The molecule has 1 aromatic carbocycles. The van der Waals surface area contributed by atoms with Crippen molar-refractivity contribution in [1.82, 2.24) is 9.88 Å². The molecule has 164 valence electrons. The van der Waals surface area contributed by atoms with Crippen LogP contribution in [0.1, 0.15) is 24.0 Å². The third-order valence-electron chi connectivity index (χ3n) is 5.86. The highest BCUT2D eigenvalue weighted by atomic mass is 32.1. The SMILES string of the molecule is Cc1csc(OCC(=O)Nc2ccc3nc(N4CCC(N(C)C)CC4)cc(C)c3c2)c1. The zero-order chi connectivity index (χ0) is 22.0. The predicted molar refractivity (Wildman–Crippen MR) is 129 cm³/mol. The Bertz CT molecular complexity index is 1070. The second-order valence-electron chi connectivity index (χ2n) is 8.49. The molecular weight excluding hydrogens is 408 g/mol. The van der Waals surface area contributed by atoms with E-state index in [1.54, 1.807) is 0 Å². The molecule has 4 rings (SSSR count). The number of aromatic nitrogens is 1. The van der Waals surface area contributed by atoms with Crippen molar-refractivity contribution in [3.05, 3.63) is 46.8 Å². The van der Waals surface area contributed by atoms with Gasteiger partial charge in [-0.2, -0.15) is 0 Å². The minimum Gasteiger partial charge on any atom is -0.474 e. The van der Waals surface area contributed by atoms with E-state index in [2.05, 4.69) is 42.2 Å². The lowest BCUT2D eigenvalue weighted by molar-refractivity contribution is -0.118. The quantitative estimate of drug-likeness (QED) is 0.616. The molecule has 3 aromatic rings. The number of ether oxygens (including phenoxy) is 1. The lowest BCUT2D eigenvalue weighted by Gasteiger charge is -2.36. The molecule has 3 heterocycles. The first kappa shape index (κ1) is 21.6. The van der Waals surface area contributed by atoms with Crippen molar-refractivity contribution in [3.63, 3.8) is 0 Å². The lowest BCUT2D eigenvalue weighted by Crippen LogP contribution is -2.42. The van der Waals surface area contributed by atoms with E-state index in [9.17, 15) is 4.79 Å². The Morgan fingerprint density at radius 2 is 2.00 bits per heavy atom. The summed E-state index contributed by atoms with van der Waals surface area (Å²) in [5.41, 5.74) is 4.01. The van der Waals surface area contributed by atoms with Crippen molar-refractivity contribution in [2.45, 2.75) is 32.7 Å². The third-order valence-corrected chi connectivity index (χ3v) is 6.81. The van der Waals surface area contributed by atoms with Gasteiger partial charge in [0.05, 0.1) is 5.52 Å². The maximum absolute atomic E-state index is 12.3. The van der Waals surface area contributed by atoms with Crippen molar-refractivity contribution >= 4 is 39.7 Å². The molecule has 1 fully saturated rings. The lowest BCUT2D eigenvalue weighted by atomic mass is 10.0. The second-order valence-corrected chi connectivity index (χ2v) is 9.36. The largest absolute Gasteiger partial charge is 0.474 e. The number of hydrogen-bond donors (Lipinski definition) is 1. The van der Waals surface area contributed by atoms with Gasteiger partial charge in [0, 0.05) is 30.2 Å². The maximum atomic E-state index is 12.3. The Labute approximate surface area is 187 Å². The van der Waals surface area contributed by atoms with Crippen LogP contribution in [0.2, 0.25) is 0 Å². The van der Waals surface area contributed by atoms with E-state index in [1.165, 1.54) is 11.3 Å². The summed E-state index contributed by atoms with van der Waals surface area (Å²) in [6, 6.07) is 10.6. The number of hydrogen-bond acceptors (Lipinski definition) is 6. The molecule has 0 saturated carbocycles. The molecule has 1 amide bonds. The van der Waals surface area contributed by atoms with Gasteiger partial charge >= 0.3 is 0 Å². The van der Waals surface area contributed by atoms with E-state index < -0.39 is 0 Å². The fourth-order valence-corrected chi connectivity index (χ4v) is 4.79. The minimum atomic E-state index is -0.170. The van der Waals surface area contributed by atoms with Crippen LogP contribution in [0.4, 0.5) is 11.5 Å². The van der Waals surface area contributed by atoms with Gasteiger partial charge in [0.2, 0.25) is 0 Å². The molecule has 2 aromatic heterocycles. The van der Waals surface area contributed by atoms with E-state index in [0.29, 0.717) is 6.04 Å². The van der Waals surface area contributed by atoms with Gasteiger partial charge in [-0.05, 0) is 87.6 Å². The standard InChI is InChI=1S/C24H30N4O2S/c1-16-11-24(31-15-16)30-14-23(29)25-18-5-6-21-20(13-18)17(2)12-22(26-21)28-9-7-19(8-10-28)27(3)4/h5-6,11-13,15,19H,7-10,14H2,1-4H3,(H,25,29). The molecule has 6 nitrogen and oxygen atoms in total. The number of benzene rings is 1. The van der Waals surface area contributed by atoms with Gasteiger partial charge in [-0.3, -0.25) is 4.79 Å². The number of nitrogens with zero attached hydrogens (tertiary/aromatic N) is 3. The van der Waals surface area contributed by atoms with Crippen molar-refractivity contribution < 1.29 is 9.53 Å². The maximum Gasteiger partial charge on any atom is 0.262 e. The number of fused-ring (bicyclic) bond motifs is 1. The first-order valence-electron chi connectivity index (χ1n) is 10.7. The molecule has 0 spiro atoms. The number of carbonyl (C=O) groups is 1. The highest BCUT2D eigenvalue weighted by Gasteiger charge is 2.22. The van der Waals surface area contributed by atoms with E-state index >= 15 is 0 Å². The Morgan fingerprint density at radius 3 is 2.68 bits per heavy atom. The Morgan fingerprint density at radius 1 is 1.23 bits per heavy atom. The number of thiophene rings is 1. The van der Waals surface area contributed by atoms with Gasteiger partial charge in [-0.15, -0.1) is 11.3 Å². The molecule has 1 N–H and O–H groups in total.